The van der Waals surface area contributed by atoms with E-state index in [0.29, 0.717) is 23.8 Å². The maximum Gasteiger partial charge on any atom is 0.269 e. The zero-order valence-corrected chi connectivity index (χ0v) is 9.37. The molecular formula is C12H13NO4. The van der Waals surface area contributed by atoms with Gasteiger partial charge in [0.1, 0.15) is 6.29 Å². The van der Waals surface area contributed by atoms with E-state index in [1.54, 1.807) is 13.0 Å². The molecule has 1 unspecified atom stereocenters. The van der Waals surface area contributed by atoms with Gasteiger partial charge in [-0.05, 0) is 36.6 Å². The standard InChI is InChI=1S/C12H13NO4/c1-9(8-14)2-7-12(15)10-3-5-11(6-4-10)13(16)17/h2-6,8,12,15H,7H2,1H3/b9-2+. The third-order valence-corrected chi connectivity index (χ3v) is 2.34. The first-order valence-electron chi connectivity index (χ1n) is 5.09. The first-order valence-corrected chi connectivity index (χ1v) is 5.09. The summed E-state index contributed by atoms with van der Waals surface area (Å²) in [6, 6.07) is 5.70. The van der Waals surface area contributed by atoms with Gasteiger partial charge in [-0.15, -0.1) is 0 Å². The molecule has 90 valence electrons. The molecule has 0 aliphatic carbocycles. The molecule has 0 aromatic heterocycles. The van der Waals surface area contributed by atoms with Crippen LogP contribution in [0.1, 0.15) is 25.0 Å². The number of allylic oxidation sites excluding steroid dienone is 1. The lowest BCUT2D eigenvalue weighted by Gasteiger charge is -2.07. The molecule has 0 heterocycles. The van der Waals surface area contributed by atoms with E-state index < -0.39 is 11.0 Å². The molecule has 1 rings (SSSR count). The molecule has 5 nitrogen and oxygen atoms in total. The van der Waals surface area contributed by atoms with Gasteiger partial charge in [0.15, 0.2) is 0 Å². The molecule has 0 saturated carbocycles. The molecule has 0 radical (unpaired) electrons. The first kappa shape index (κ1) is 13.1. The summed E-state index contributed by atoms with van der Waals surface area (Å²) in [6.45, 7) is 1.65. The number of hydrogen-bond donors (Lipinski definition) is 1. The second kappa shape index (κ2) is 5.91. The van der Waals surface area contributed by atoms with Gasteiger partial charge in [-0.25, -0.2) is 0 Å². The van der Waals surface area contributed by atoms with Gasteiger partial charge >= 0.3 is 0 Å². The molecule has 1 aromatic carbocycles. The number of rotatable bonds is 5. The summed E-state index contributed by atoms with van der Waals surface area (Å²) >= 11 is 0. The van der Waals surface area contributed by atoms with Crippen molar-refractivity contribution in [2.45, 2.75) is 19.4 Å². The fraction of sp³-hybridized carbons (Fsp3) is 0.250. The van der Waals surface area contributed by atoms with Crippen LogP contribution in [-0.2, 0) is 4.79 Å². The van der Waals surface area contributed by atoms with Crippen molar-refractivity contribution in [2.24, 2.45) is 0 Å². The Morgan fingerprint density at radius 3 is 2.53 bits per heavy atom. The summed E-state index contributed by atoms with van der Waals surface area (Å²) in [5.41, 5.74) is 1.12. The molecule has 0 fully saturated rings. The van der Waals surface area contributed by atoms with Crippen molar-refractivity contribution in [3.63, 3.8) is 0 Å². The van der Waals surface area contributed by atoms with Crippen LogP contribution >= 0.6 is 0 Å². The molecule has 1 aromatic rings. The van der Waals surface area contributed by atoms with Gasteiger partial charge < -0.3 is 5.11 Å². The lowest BCUT2D eigenvalue weighted by Crippen LogP contribution is -1.97. The van der Waals surface area contributed by atoms with E-state index >= 15 is 0 Å². The molecular weight excluding hydrogens is 222 g/mol. The van der Waals surface area contributed by atoms with E-state index in [4.69, 9.17) is 0 Å². The minimum Gasteiger partial charge on any atom is -0.388 e. The third-order valence-electron chi connectivity index (χ3n) is 2.34. The number of carbonyl (C=O) groups is 1. The van der Waals surface area contributed by atoms with E-state index in [1.165, 1.54) is 24.3 Å². The summed E-state index contributed by atoms with van der Waals surface area (Å²) in [7, 11) is 0. The molecule has 5 heteroatoms. The predicted octanol–water partition coefficient (Wildman–Crippen LogP) is 2.16. The number of non-ortho nitro benzene ring substituents is 1. The average molecular weight is 235 g/mol. The summed E-state index contributed by atoms with van der Waals surface area (Å²) in [6.07, 6.45) is 1.88. The van der Waals surface area contributed by atoms with Crippen LogP contribution in [0.5, 0.6) is 0 Å². The van der Waals surface area contributed by atoms with Crippen LogP contribution in [-0.4, -0.2) is 16.3 Å². The van der Waals surface area contributed by atoms with Crippen molar-refractivity contribution in [1.82, 2.24) is 0 Å². The Hall–Kier alpha value is -2.01. The number of carbonyl (C=O) groups excluding carboxylic acids is 1. The highest BCUT2D eigenvalue weighted by Crippen LogP contribution is 2.20. The van der Waals surface area contributed by atoms with E-state index in [1.807, 2.05) is 0 Å². The Balaban J connectivity index is 2.73. The fourth-order valence-electron chi connectivity index (χ4n) is 1.30. The highest BCUT2D eigenvalue weighted by atomic mass is 16.6. The van der Waals surface area contributed by atoms with Crippen LogP contribution in [0.3, 0.4) is 0 Å². The number of nitrogens with zero attached hydrogens (tertiary/aromatic N) is 1. The largest absolute Gasteiger partial charge is 0.388 e. The zero-order valence-electron chi connectivity index (χ0n) is 9.37. The highest BCUT2D eigenvalue weighted by molar-refractivity contribution is 5.71. The molecule has 1 N–H and O–H groups in total. The second-order valence-corrected chi connectivity index (χ2v) is 3.67. The van der Waals surface area contributed by atoms with Gasteiger partial charge in [-0.3, -0.25) is 14.9 Å². The minimum absolute atomic E-state index is 0.0134. The van der Waals surface area contributed by atoms with E-state index in [-0.39, 0.29) is 5.69 Å². The highest BCUT2D eigenvalue weighted by Gasteiger charge is 2.09. The quantitative estimate of drug-likeness (QED) is 0.367. The van der Waals surface area contributed by atoms with Crippen LogP contribution in [0, 0.1) is 10.1 Å². The monoisotopic (exact) mass is 235 g/mol. The van der Waals surface area contributed by atoms with E-state index in [0.717, 1.165) is 0 Å². The number of nitro benzene ring substituents is 1. The average Bonchev–Trinajstić information content (AvgIpc) is 2.35. The van der Waals surface area contributed by atoms with Crippen LogP contribution in [0.4, 0.5) is 5.69 Å². The summed E-state index contributed by atoms with van der Waals surface area (Å²) in [4.78, 5) is 20.3. The Labute approximate surface area is 98.5 Å². The number of hydrogen-bond acceptors (Lipinski definition) is 4. The van der Waals surface area contributed by atoms with E-state index in [9.17, 15) is 20.0 Å². The SMILES string of the molecule is C/C(C=O)=C\CC(O)c1ccc([N+](=O)[O-])cc1. The molecule has 0 amide bonds. The van der Waals surface area contributed by atoms with Gasteiger partial charge in [-0.2, -0.15) is 0 Å². The third kappa shape index (κ3) is 3.81. The molecule has 0 aliphatic rings. The second-order valence-electron chi connectivity index (χ2n) is 3.67. The maximum atomic E-state index is 10.4. The Kier molecular flexibility index (Phi) is 4.54. The summed E-state index contributed by atoms with van der Waals surface area (Å²) < 4.78 is 0. The maximum absolute atomic E-state index is 10.4. The first-order chi connectivity index (χ1) is 8.04. The lowest BCUT2D eigenvalue weighted by molar-refractivity contribution is -0.384. The number of aliphatic hydroxyl groups excluding tert-OH is 1. The van der Waals surface area contributed by atoms with Crippen LogP contribution in [0.2, 0.25) is 0 Å². The van der Waals surface area contributed by atoms with Crippen molar-refractivity contribution >= 4 is 12.0 Å². The predicted molar refractivity (Wildman–Crippen MR) is 62.5 cm³/mol. The van der Waals surface area contributed by atoms with Gasteiger partial charge in [0, 0.05) is 12.1 Å². The molecule has 17 heavy (non-hydrogen) atoms. The molecule has 1 atom stereocenters. The summed E-state index contributed by atoms with van der Waals surface area (Å²) in [5, 5.41) is 20.2. The van der Waals surface area contributed by atoms with Crippen molar-refractivity contribution in [2.75, 3.05) is 0 Å². The van der Waals surface area contributed by atoms with Gasteiger partial charge in [0.05, 0.1) is 11.0 Å². The number of nitro groups is 1. The van der Waals surface area contributed by atoms with Gasteiger partial charge in [0.25, 0.3) is 5.69 Å². The molecule has 0 spiro atoms. The normalized spacial score (nSPS) is 13.2. The van der Waals surface area contributed by atoms with E-state index in [2.05, 4.69) is 0 Å². The van der Waals surface area contributed by atoms with Crippen molar-refractivity contribution in [1.29, 1.82) is 0 Å². The van der Waals surface area contributed by atoms with Crippen LogP contribution in [0.15, 0.2) is 35.9 Å². The van der Waals surface area contributed by atoms with Crippen molar-refractivity contribution in [3.05, 3.63) is 51.6 Å². The van der Waals surface area contributed by atoms with Gasteiger partial charge in [0.2, 0.25) is 0 Å². The van der Waals surface area contributed by atoms with Crippen LogP contribution in [0.25, 0.3) is 0 Å². The minimum atomic E-state index is -0.759. The van der Waals surface area contributed by atoms with Crippen molar-refractivity contribution in [3.8, 4) is 0 Å². The number of aliphatic hydroxyl groups is 1. The van der Waals surface area contributed by atoms with Crippen molar-refractivity contribution < 1.29 is 14.8 Å². The zero-order chi connectivity index (χ0) is 12.8. The lowest BCUT2D eigenvalue weighted by atomic mass is 10.1. The Morgan fingerprint density at radius 2 is 2.06 bits per heavy atom. The Morgan fingerprint density at radius 1 is 1.47 bits per heavy atom. The van der Waals surface area contributed by atoms with Gasteiger partial charge in [-0.1, -0.05) is 6.08 Å². The molecule has 0 saturated heterocycles. The fourth-order valence-corrected chi connectivity index (χ4v) is 1.30. The molecule has 0 bridgehead atoms. The van der Waals surface area contributed by atoms with Crippen LogP contribution < -0.4 is 0 Å². The smallest absolute Gasteiger partial charge is 0.269 e. The Bertz CT molecular complexity index is 436. The topological polar surface area (TPSA) is 80.4 Å². The number of benzene rings is 1. The number of aldehydes is 1. The summed E-state index contributed by atoms with van der Waals surface area (Å²) in [5.74, 6) is 0. The molecule has 0 aliphatic heterocycles.